The molecule has 0 aliphatic carbocycles. The first-order chi connectivity index (χ1) is 32.8. The highest BCUT2D eigenvalue weighted by molar-refractivity contribution is 5.73. The predicted molar refractivity (Wildman–Crippen MR) is 272 cm³/mol. The molecule has 17 atom stereocenters. The molecule has 13 heteroatoms. The summed E-state index contributed by atoms with van der Waals surface area (Å²) in [4.78, 5) is 17.4. The van der Waals surface area contributed by atoms with Crippen molar-refractivity contribution in [3.8, 4) is 0 Å². The van der Waals surface area contributed by atoms with Crippen molar-refractivity contribution in [2.75, 3.05) is 40.5 Å². The lowest BCUT2D eigenvalue weighted by Crippen LogP contribution is -2.61. The zero-order chi connectivity index (χ0) is 51.1. The van der Waals surface area contributed by atoms with E-state index in [9.17, 15) is 5.11 Å². The van der Waals surface area contributed by atoms with Crippen LogP contribution in [-0.2, 0) is 52.2 Å². The van der Waals surface area contributed by atoms with E-state index in [1.807, 2.05) is 27.7 Å². The second-order valence-electron chi connectivity index (χ2n) is 22.2. The summed E-state index contributed by atoms with van der Waals surface area (Å²) in [7, 11) is 3.87. The van der Waals surface area contributed by atoms with Crippen LogP contribution in [0.1, 0.15) is 200 Å². The number of methoxy groups -OCH3 is 1. The molecule has 4 aliphatic heterocycles. The first-order valence-electron chi connectivity index (χ1n) is 27.8. The summed E-state index contributed by atoms with van der Waals surface area (Å²) in [5, 5.41) is 12.7. The van der Waals surface area contributed by atoms with Gasteiger partial charge in [0, 0.05) is 51.7 Å². The minimum Gasteiger partial charge on any atom is -0.488 e. The summed E-state index contributed by atoms with van der Waals surface area (Å²) in [6.45, 7) is 31.4. The van der Waals surface area contributed by atoms with E-state index in [0.29, 0.717) is 44.8 Å². The Morgan fingerprint density at radius 3 is 1.99 bits per heavy atom. The topological polar surface area (TPSA) is 133 Å². The molecule has 0 aromatic heterocycles. The molecule has 0 radical (unpaired) electrons. The molecule has 2 bridgehead atoms. The molecule has 1 N–H and O–H groups in total. The van der Waals surface area contributed by atoms with Crippen LogP contribution in [0.4, 0.5) is 0 Å². The summed E-state index contributed by atoms with van der Waals surface area (Å²) < 4.78 is 68.4. The summed E-state index contributed by atoms with van der Waals surface area (Å²) in [6.07, 6.45) is 9.40. The second kappa shape index (κ2) is 28.3. The molecule has 2 unspecified atom stereocenters. The fourth-order valence-electron chi connectivity index (χ4n) is 11.9. The molecule has 0 amide bonds. The Morgan fingerprint density at radius 2 is 1.41 bits per heavy atom. The number of nitrogens with zero attached hydrogens (tertiary/aromatic N) is 1. The van der Waals surface area contributed by atoms with E-state index < -0.39 is 77.5 Å². The molecule has 4 aliphatic rings. The van der Waals surface area contributed by atoms with Gasteiger partial charge in [0.25, 0.3) is 0 Å². The molecule has 0 saturated carbocycles. The number of unbranched alkanes of at least 4 members (excludes halogenated alkanes) is 9. The average Bonchev–Trinajstić information content (AvgIpc) is 3.63. The Kier molecular flexibility index (Phi) is 24.7. The number of hydrogen-bond donors (Lipinski definition) is 1. The number of cyclic esters (lactones) is 1. The average molecular weight is 982 g/mol. The summed E-state index contributed by atoms with van der Waals surface area (Å²) in [5.74, 6) is -1.65. The number of carbonyl (C=O) groups excluding carboxylic acids is 1. The quantitative estimate of drug-likeness (QED) is 0.0590. The van der Waals surface area contributed by atoms with Gasteiger partial charge < -0.3 is 57.4 Å². The van der Waals surface area contributed by atoms with Crippen LogP contribution in [0.3, 0.4) is 0 Å². The van der Waals surface area contributed by atoms with Crippen LogP contribution in [0.25, 0.3) is 0 Å². The van der Waals surface area contributed by atoms with Gasteiger partial charge in [-0.3, -0.25) is 4.79 Å². The Balaban J connectivity index is 1.81. The maximum absolute atomic E-state index is 15.1. The predicted octanol–water partition coefficient (Wildman–Crippen LogP) is 11.1. The van der Waals surface area contributed by atoms with Crippen molar-refractivity contribution in [2.24, 2.45) is 17.8 Å². The molecule has 69 heavy (non-hydrogen) atoms. The Labute approximate surface area is 420 Å². The van der Waals surface area contributed by atoms with E-state index in [-0.39, 0.29) is 30.5 Å². The fourth-order valence-corrected chi connectivity index (χ4v) is 11.9. The number of likely N-dealkylation sites (N-methyl/N-ethyl adjacent to an activating group) is 1. The van der Waals surface area contributed by atoms with Crippen molar-refractivity contribution in [1.29, 1.82) is 0 Å². The second-order valence-corrected chi connectivity index (χ2v) is 22.2. The van der Waals surface area contributed by atoms with Gasteiger partial charge in [-0.05, 0) is 99.7 Å². The molecular formula is C56H103NO12. The minimum atomic E-state index is -1.57. The lowest BCUT2D eigenvalue weighted by Gasteiger charge is -2.49. The van der Waals surface area contributed by atoms with Gasteiger partial charge >= 0.3 is 5.97 Å². The molecular weight excluding hydrogens is 879 g/mol. The molecule has 13 nitrogen and oxygen atoms in total. The van der Waals surface area contributed by atoms with E-state index in [4.69, 9.17) is 47.4 Å². The van der Waals surface area contributed by atoms with Gasteiger partial charge in [-0.25, -0.2) is 0 Å². The van der Waals surface area contributed by atoms with Crippen molar-refractivity contribution in [2.45, 2.75) is 284 Å². The molecule has 404 valence electrons. The number of aliphatic hydroxyl groups is 1. The summed E-state index contributed by atoms with van der Waals surface area (Å²) in [6, 6.07) is 0.0516. The van der Waals surface area contributed by atoms with Gasteiger partial charge in [-0.15, -0.1) is 0 Å². The third-order valence-corrected chi connectivity index (χ3v) is 16.1. The third kappa shape index (κ3) is 15.6. The van der Waals surface area contributed by atoms with Crippen molar-refractivity contribution < 1.29 is 57.3 Å². The fraction of sp³-hybridized carbons (Fsp3) is 0.946. The van der Waals surface area contributed by atoms with Crippen LogP contribution in [-0.4, -0.2) is 141 Å². The Hall–Kier alpha value is -1.39. The van der Waals surface area contributed by atoms with Crippen molar-refractivity contribution >= 4 is 5.97 Å². The molecule has 0 aromatic carbocycles. The van der Waals surface area contributed by atoms with E-state index in [1.54, 1.807) is 14.0 Å². The maximum Gasteiger partial charge on any atom is 0.311 e. The number of esters is 1. The lowest BCUT2D eigenvalue weighted by atomic mass is 9.78. The zero-order valence-electron chi connectivity index (χ0n) is 46.6. The largest absolute Gasteiger partial charge is 0.488 e. The number of fused-ring (bicyclic) bond motifs is 2. The van der Waals surface area contributed by atoms with Crippen molar-refractivity contribution in [3.63, 3.8) is 0 Å². The minimum absolute atomic E-state index is 0.0516. The van der Waals surface area contributed by atoms with Gasteiger partial charge in [0.2, 0.25) is 0 Å². The number of rotatable bonds is 28. The van der Waals surface area contributed by atoms with Gasteiger partial charge in [-0.1, -0.05) is 106 Å². The van der Waals surface area contributed by atoms with Crippen LogP contribution >= 0.6 is 0 Å². The highest BCUT2D eigenvalue weighted by Gasteiger charge is 2.57. The standard InChI is InChI=1S/C56H103NO12/c1-17-22-25-28-31-61-44(20-4)56(14,59)50-39(8)46-37(6)35-55(13,69-46)49(68-53-48(62-32-29-26-23-18-2)43(57(15)21-5)34-38(7)64-53)40(9)47(41(10)52(58)67-50)66-45-36-54(12,60-16)51(42(11)65-45)63-33-30-27-24-19-3/h38-45,47-51,53,59H,17-36H2,1-16H3/t38-,39-,40+,41-,42+,43+,44-,45?,47+,48-,49-,50-,51+,53?,54-,55-,56-/m1/s1. The molecule has 4 rings (SSSR count). The van der Waals surface area contributed by atoms with Crippen LogP contribution in [0.2, 0.25) is 0 Å². The number of carbonyl (C=O) groups is 1. The number of hydrogen-bond acceptors (Lipinski definition) is 13. The zero-order valence-corrected chi connectivity index (χ0v) is 46.6. The smallest absolute Gasteiger partial charge is 0.311 e. The van der Waals surface area contributed by atoms with E-state index in [1.165, 1.54) is 6.42 Å². The van der Waals surface area contributed by atoms with Crippen molar-refractivity contribution in [1.82, 2.24) is 4.90 Å². The van der Waals surface area contributed by atoms with Crippen LogP contribution in [0.5, 0.6) is 0 Å². The Morgan fingerprint density at radius 1 is 0.797 bits per heavy atom. The number of ether oxygens (including phenoxy) is 10. The van der Waals surface area contributed by atoms with E-state index in [0.717, 1.165) is 89.2 Å². The van der Waals surface area contributed by atoms with Crippen LogP contribution < -0.4 is 0 Å². The van der Waals surface area contributed by atoms with Gasteiger partial charge in [0.1, 0.15) is 41.4 Å². The van der Waals surface area contributed by atoms with E-state index in [2.05, 4.69) is 74.3 Å². The lowest BCUT2D eigenvalue weighted by molar-refractivity contribution is -0.322. The Bertz CT molecular complexity index is 1530. The van der Waals surface area contributed by atoms with Gasteiger partial charge in [0.15, 0.2) is 12.6 Å². The first kappa shape index (κ1) is 60.2. The molecule has 3 saturated heterocycles. The van der Waals surface area contributed by atoms with Gasteiger partial charge in [0.05, 0.1) is 41.9 Å². The SMILES string of the molecule is CCCCCCO[C@H]1C(O[C@@H]2[C@@H](C)[C@H](OC3C[C@@](C)(OC)[C@@H](OCCCCCC)[C@H](C)O3)[C@@H](C)C(=O)O[C@@H]([C@](C)(O)[C@@H](CC)OCCCCCC)[C@H](C)C3=C(C)C[C@@]2(C)O3)O[C@H](C)C[C@@H]1N(C)CC. The molecule has 0 spiro atoms. The van der Waals surface area contributed by atoms with Crippen molar-refractivity contribution in [3.05, 3.63) is 11.3 Å². The van der Waals surface area contributed by atoms with Crippen LogP contribution in [0.15, 0.2) is 11.3 Å². The maximum atomic E-state index is 15.1. The summed E-state index contributed by atoms with van der Waals surface area (Å²) >= 11 is 0. The first-order valence-corrected chi connectivity index (χ1v) is 27.8. The molecule has 4 heterocycles. The van der Waals surface area contributed by atoms with Gasteiger partial charge in [-0.2, -0.15) is 0 Å². The highest BCUT2D eigenvalue weighted by Crippen LogP contribution is 2.49. The van der Waals surface area contributed by atoms with E-state index >= 15 is 4.79 Å². The highest BCUT2D eigenvalue weighted by atomic mass is 16.7. The third-order valence-electron chi connectivity index (χ3n) is 16.1. The van der Waals surface area contributed by atoms with Crippen LogP contribution in [0, 0.1) is 17.8 Å². The summed E-state index contributed by atoms with van der Waals surface area (Å²) in [5.41, 5.74) is -2.25. The molecule has 3 fully saturated rings. The monoisotopic (exact) mass is 982 g/mol. The molecule has 0 aromatic rings. The normalized spacial score (nSPS) is 37.0.